The number of allylic oxidation sites excluding steroid dienone is 1. The van der Waals surface area contributed by atoms with E-state index in [9.17, 15) is 23.1 Å². The van der Waals surface area contributed by atoms with Crippen molar-refractivity contribution in [2.75, 3.05) is 40.4 Å². The Kier molecular flexibility index (Phi) is 11.2. The van der Waals surface area contributed by atoms with Crippen molar-refractivity contribution in [2.45, 2.75) is 112 Å². The van der Waals surface area contributed by atoms with Crippen molar-refractivity contribution in [1.82, 2.24) is 24.7 Å². The Balaban J connectivity index is 1.23. The molecular formula is C34H52N6O8S2. The first-order valence-electron chi connectivity index (χ1n) is 17.6. The molecule has 0 radical (unpaired) electrons. The zero-order valence-corrected chi connectivity index (χ0v) is 31.2. The molecule has 16 heteroatoms. The molecule has 0 saturated carbocycles. The Bertz CT molecular complexity index is 1530. The summed E-state index contributed by atoms with van der Waals surface area (Å²) in [4.78, 5) is 34.9. The number of likely N-dealkylation sites (tertiary alicyclic amines) is 2. The second-order valence-electron chi connectivity index (χ2n) is 14.9. The Morgan fingerprint density at radius 3 is 2.68 bits per heavy atom. The third-order valence-corrected chi connectivity index (χ3v) is 13.8. The van der Waals surface area contributed by atoms with E-state index in [4.69, 9.17) is 14.2 Å². The maximum absolute atomic E-state index is 14.5. The number of aliphatic imine (C=N–C) groups is 1. The summed E-state index contributed by atoms with van der Waals surface area (Å²) >= 11 is 1.43. The van der Waals surface area contributed by atoms with Crippen LogP contribution in [0, 0.1) is 5.92 Å². The molecule has 0 aromatic heterocycles. The summed E-state index contributed by atoms with van der Waals surface area (Å²) in [5.41, 5.74) is -0.296. The van der Waals surface area contributed by atoms with E-state index >= 15 is 0 Å². The molecule has 4 aliphatic heterocycles. The molecule has 0 bridgehead atoms. The summed E-state index contributed by atoms with van der Waals surface area (Å²) in [6.45, 7) is 6.45. The molecule has 6 aliphatic rings. The number of sulfonamides is 1. The smallest absolute Gasteiger partial charge is 0.323 e. The molecule has 2 aliphatic carbocycles. The molecule has 6 rings (SSSR count). The van der Waals surface area contributed by atoms with E-state index in [0.29, 0.717) is 18.1 Å². The molecule has 2 amide bonds. The second kappa shape index (κ2) is 15.0. The van der Waals surface area contributed by atoms with Crippen molar-refractivity contribution in [2.24, 2.45) is 10.9 Å². The van der Waals surface area contributed by atoms with Gasteiger partial charge in [-0.15, -0.1) is 0 Å². The number of methoxy groups -OCH3 is 2. The van der Waals surface area contributed by atoms with Gasteiger partial charge < -0.3 is 24.2 Å². The highest BCUT2D eigenvalue weighted by Gasteiger charge is 2.63. The Morgan fingerprint density at radius 1 is 1.22 bits per heavy atom. The van der Waals surface area contributed by atoms with Gasteiger partial charge in [-0.05, 0) is 65.4 Å². The molecule has 14 nitrogen and oxygen atoms in total. The Hall–Kier alpha value is -2.31. The number of aliphatic hydroxyl groups is 1. The minimum atomic E-state index is -3.93. The second-order valence-corrected chi connectivity index (χ2v) is 18.2. The highest BCUT2D eigenvalue weighted by molar-refractivity contribution is 8.14. The molecule has 50 heavy (non-hydrogen) atoms. The fourth-order valence-electron chi connectivity index (χ4n) is 8.07. The number of thioether (sulfide) groups is 1. The highest BCUT2D eigenvalue weighted by atomic mass is 32.2. The number of hydrogen-bond acceptors (Lipinski definition) is 12. The summed E-state index contributed by atoms with van der Waals surface area (Å²) in [5.74, 6) is -0.745. The normalized spacial score (nSPS) is 33.1. The van der Waals surface area contributed by atoms with Gasteiger partial charge in [-0.3, -0.25) is 20.4 Å². The van der Waals surface area contributed by atoms with Crippen LogP contribution < -0.4 is 10.6 Å². The lowest BCUT2D eigenvalue weighted by molar-refractivity contribution is -0.250. The molecular weight excluding hydrogens is 685 g/mol. The van der Waals surface area contributed by atoms with E-state index in [0.717, 1.165) is 31.3 Å². The first-order valence-corrected chi connectivity index (χ1v) is 20.0. The van der Waals surface area contributed by atoms with Crippen molar-refractivity contribution in [3.8, 4) is 0 Å². The van der Waals surface area contributed by atoms with Crippen LogP contribution in [0.15, 0.2) is 40.9 Å². The van der Waals surface area contributed by atoms with Gasteiger partial charge in [0.25, 0.3) is 0 Å². The van der Waals surface area contributed by atoms with Crippen LogP contribution in [0.5, 0.6) is 0 Å². The number of amidine groups is 1. The summed E-state index contributed by atoms with van der Waals surface area (Å²) in [6.07, 6.45) is 12.8. The summed E-state index contributed by atoms with van der Waals surface area (Å²) in [7, 11) is -0.884. The average Bonchev–Trinajstić information content (AvgIpc) is 3.64. The number of ether oxygens (including phenoxy) is 3. The van der Waals surface area contributed by atoms with Crippen molar-refractivity contribution in [3.05, 3.63) is 36.0 Å². The monoisotopic (exact) mass is 736 g/mol. The largest absolute Gasteiger partial charge is 0.460 e. The van der Waals surface area contributed by atoms with Gasteiger partial charge in [0.1, 0.15) is 11.8 Å². The average molecular weight is 737 g/mol. The lowest BCUT2D eigenvalue weighted by atomic mass is 9.70. The Morgan fingerprint density at radius 2 is 2.02 bits per heavy atom. The number of fused-ring (bicyclic) bond motifs is 3. The van der Waals surface area contributed by atoms with Crippen molar-refractivity contribution < 1.29 is 37.3 Å². The molecule has 4 heterocycles. The quantitative estimate of drug-likeness (QED) is 0.172. The first-order chi connectivity index (χ1) is 23.7. The molecule has 2 fully saturated rings. The maximum Gasteiger partial charge on any atom is 0.323 e. The molecule has 8 atom stereocenters. The predicted molar refractivity (Wildman–Crippen MR) is 190 cm³/mol. The van der Waals surface area contributed by atoms with Gasteiger partial charge in [0.2, 0.25) is 16.4 Å². The third kappa shape index (κ3) is 7.72. The van der Waals surface area contributed by atoms with Crippen LogP contribution in [0.2, 0.25) is 0 Å². The maximum atomic E-state index is 14.5. The summed E-state index contributed by atoms with van der Waals surface area (Å²) < 4.78 is 46.7. The molecule has 278 valence electrons. The molecule has 0 aromatic rings. The number of hydrogen-bond donors (Lipinski definition) is 3. The number of amides is 2. The SMILES string of the molecule is COC1C=CC2N=C(NC(=O)N3C[C@]4(CCN4C(O)OC)C4CC(S(=O)(=O)N(CCC(=O)OC(C)(C)C)CC5=CCCCC5)C=CC43)SC2N1. The van der Waals surface area contributed by atoms with Gasteiger partial charge in [-0.1, -0.05) is 41.6 Å². The lowest BCUT2D eigenvalue weighted by Crippen LogP contribution is -2.68. The molecule has 0 aromatic carbocycles. The number of rotatable bonds is 10. The van der Waals surface area contributed by atoms with Crippen LogP contribution in [0.4, 0.5) is 4.79 Å². The van der Waals surface area contributed by atoms with Crippen LogP contribution in [0.3, 0.4) is 0 Å². The number of nitrogens with zero attached hydrogens (tertiary/aromatic N) is 4. The number of esters is 1. The predicted octanol–water partition coefficient (Wildman–Crippen LogP) is 2.49. The van der Waals surface area contributed by atoms with Gasteiger partial charge in [-0.25, -0.2) is 18.1 Å². The summed E-state index contributed by atoms with van der Waals surface area (Å²) in [5, 5.41) is 16.7. The fourth-order valence-corrected chi connectivity index (χ4v) is 11.0. The van der Waals surface area contributed by atoms with Crippen LogP contribution >= 0.6 is 11.8 Å². The van der Waals surface area contributed by atoms with Crippen molar-refractivity contribution >= 4 is 39.0 Å². The van der Waals surface area contributed by atoms with Crippen LogP contribution in [0.1, 0.15) is 65.7 Å². The zero-order chi connectivity index (χ0) is 35.8. The zero-order valence-electron chi connectivity index (χ0n) is 29.6. The van der Waals surface area contributed by atoms with Gasteiger partial charge in [0, 0.05) is 51.9 Å². The number of aliphatic hydroxyl groups excluding tert-OH is 1. The molecule has 7 unspecified atom stereocenters. The van der Waals surface area contributed by atoms with E-state index in [-0.39, 0.29) is 62.1 Å². The van der Waals surface area contributed by atoms with E-state index < -0.39 is 44.8 Å². The minimum absolute atomic E-state index is 0.0121. The van der Waals surface area contributed by atoms with E-state index in [1.807, 2.05) is 23.1 Å². The van der Waals surface area contributed by atoms with Crippen LogP contribution in [-0.4, -0.2) is 132 Å². The minimum Gasteiger partial charge on any atom is -0.460 e. The standard InChI is InChI=1S/C34H52N6O8S2/c1-33(2,3)48-28(41)15-17-38(20-22-9-7-6-8-10-22)50(44,45)23-11-13-26-24(19-23)34(16-18-40(34)32(43)47-5)21-39(26)31(42)37-30-35-25-12-14-27(46-4)36-29(25)49-30/h9,11-14,23-27,29,32,36,43H,6-8,10,15-21H2,1-5H3,(H,35,37,42)/t23?,24?,25?,26?,27?,29?,32?,34-/m1/s1. The van der Waals surface area contributed by atoms with Gasteiger partial charge in [0.05, 0.1) is 29.1 Å². The summed E-state index contributed by atoms with van der Waals surface area (Å²) in [6, 6.07) is -0.877. The lowest BCUT2D eigenvalue weighted by Gasteiger charge is -2.55. The van der Waals surface area contributed by atoms with E-state index in [1.165, 1.54) is 23.2 Å². The molecule has 2 saturated heterocycles. The third-order valence-electron chi connectivity index (χ3n) is 10.6. The van der Waals surface area contributed by atoms with Gasteiger partial charge in [0.15, 0.2) is 5.17 Å². The van der Waals surface area contributed by atoms with Crippen molar-refractivity contribution in [1.29, 1.82) is 0 Å². The molecule has 1 spiro atoms. The van der Waals surface area contributed by atoms with Crippen LogP contribution in [0.25, 0.3) is 0 Å². The fraction of sp³-hybridized carbons (Fsp3) is 0.735. The highest BCUT2D eigenvalue weighted by Crippen LogP contribution is 2.51. The van der Waals surface area contributed by atoms with Gasteiger partial charge >= 0.3 is 12.0 Å². The topological polar surface area (TPSA) is 162 Å². The van der Waals surface area contributed by atoms with E-state index in [1.54, 1.807) is 38.9 Å². The number of carbonyl (C=O) groups is 2. The van der Waals surface area contributed by atoms with Crippen molar-refractivity contribution in [3.63, 3.8) is 0 Å². The van der Waals surface area contributed by atoms with E-state index in [2.05, 4.69) is 21.7 Å². The number of carbonyl (C=O) groups excluding carboxylic acids is 2. The Labute approximate surface area is 299 Å². The van der Waals surface area contributed by atoms with Gasteiger partial charge in [-0.2, -0.15) is 4.31 Å². The number of urea groups is 1. The number of nitrogens with one attached hydrogen (secondary N) is 2. The van der Waals surface area contributed by atoms with Crippen LogP contribution in [-0.2, 0) is 29.0 Å². The first kappa shape index (κ1) is 37.4. The molecule has 3 N–H and O–H groups in total.